The number of carbonyl (C=O) groups is 1. The summed E-state index contributed by atoms with van der Waals surface area (Å²) >= 11 is 0. The first kappa shape index (κ1) is 20.0. The van der Waals surface area contributed by atoms with Crippen molar-refractivity contribution >= 4 is 11.6 Å². The Morgan fingerprint density at radius 1 is 1.18 bits per heavy atom. The quantitative estimate of drug-likeness (QED) is 0.718. The van der Waals surface area contributed by atoms with Crippen molar-refractivity contribution in [1.29, 1.82) is 0 Å². The molecule has 1 unspecified atom stereocenters. The van der Waals surface area contributed by atoms with Crippen LogP contribution in [0.2, 0.25) is 0 Å². The molecule has 2 N–H and O–H groups in total. The SMILES string of the molecule is CCC(/C=C/Nc1ccccc1O)N1CC(=O)N(Cc2ccccc2)C[C@H]1C. The number of piperazine rings is 1. The molecule has 1 saturated heterocycles. The fourth-order valence-electron chi connectivity index (χ4n) is 3.66. The van der Waals surface area contributed by atoms with Crippen LogP contribution in [0.3, 0.4) is 0 Å². The zero-order chi connectivity index (χ0) is 19.9. The van der Waals surface area contributed by atoms with Crippen molar-refractivity contribution < 1.29 is 9.90 Å². The highest BCUT2D eigenvalue weighted by Crippen LogP contribution is 2.22. The second kappa shape index (κ2) is 9.42. The van der Waals surface area contributed by atoms with E-state index in [4.69, 9.17) is 0 Å². The van der Waals surface area contributed by atoms with Crippen LogP contribution in [0, 0.1) is 0 Å². The number of benzene rings is 2. The van der Waals surface area contributed by atoms with E-state index in [1.807, 2.05) is 41.4 Å². The molecule has 1 fully saturated rings. The molecule has 148 valence electrons. The molecule has 5 nitrogen and oxygen atoms in total. The number of amides is 1. The van der Waals surface area contributed by atoms with Crippen LogP contribution in [0.1, 0.15) is 25.8 Å². The molecule has 3 rings (SSSR count). The van der Waals surface area contributed by atoms with Crippen LogP contribution in [0.15, 0.2) is 66.9 Å². The molecule has 1 aliphatic rings. The molecule has 0 aliphatic carbocycles. The summed E-state index contributed by atoms with van der Waals surface area (Å²) in [4.78, 5) is 16.9. The summed E-state index contributed by atoms with van der Waals surface area (Å²) in [5.41, 5.74) is 1.83. The van der Waals surface area contributed by atoms with Gasteiger partial charge in [0.1, 0.15) is 5.75 Å². The minimum Gasteiger partial charge on any atom is -0.506 e. The lowest BCUT2D eigenvalue weighted by Crippen LogP contribution is -2.57. The van der Waals surface area contributed by atoms with Crippen LogP contribution in [0.4, 0.5) is 5.69 Å². The molecule has 0 radical (unpaired) electrons. The standard InChI is InChI=1S/C23H29N3O2/c1-3-20(13-14-24-21-11-7-8-12-22(21)27)26-17-23(28)25(15-18(26)2)16-19-9-5-4-6-10-19/h4-14,18,20,24,27H,3,15-17H2,1-2H3/b14-13+/t18-,20?/m1/s1. The second-order valence-electron chi connectivity index (χ2n) is 7.28. The van der Waals surface area contributed by atoms with Crippen molar-refractivity contribution in [1.82, 2.24) is 9.80 Å². The minimum absolute atomic E-state index is 0.163. The van der Waals surface area contributed by atoms with Crippen LogP contribution in [0.5, 0.6) is 5.75 Å². The molecule has 0 bridgehead atoms. The number of para-hydroxylation sites is 2. The third kappa shape index (κ3) is 4.93. The maximum absolute atomic E-state index is 12.7. The van der Waals surface area contributed by atoms with Gasteiger partial charge in [0.2, 0.25) is 5.91 Å². The maximum Gasteiger partial charge on any atom is 0.237 e. The summed E-state index contributed by atoms with van der Waals surface area (Å²) in [5, 5.41) is 13.0. The summed E-state index contributed by atoms with van der Waals surface area (Å²) in [6.07, 6.45) is 4.84. The lowest BCUT2D eigenvalue weighted by Gasteiger charge is -2.42. The first-order valence-corrected chi connectivity index (χ1v) is 9.87. The van der Waals surface area contributed by atoms with Gasteiger partial charge in [-0.3, -0.25) is 9.69 Å². The molecule has 5 heteroatoms. The number of hydrogen-bond acceptors (Lipinski definition) is 4. The van der Waals surface area contributed by atoms with E-state index in [1.54, 1.807) is 12.1 Å². The molecule has 1 amide bonds. The van der Waals surface area contributed by atoms with Crippen molar-refractivity contribution in [2.24, 2.45) is 0 Å². The van der Waals surface area contributed by atoms with Crippen molar-refractivity contribution in [3.8, 4) is 5.75 Å². The van der Waals surface area contributed by atoms with Gasteiger partial charge in [-0.1, -0.05) is 55.5 Å². The number of anilines is 1. The number of phenols is 1. The van der Waals surface area contributed by atoms with Gasteiger partial charge in [-0.25, -0.2) is 0 Å². The van der Waals surface area contributed by atoms with Crippen LogP contribution in [-0.2, 0) is 11.3 Å². The number of nitrogens with one attached hydrogen (secondary N) is 1. The Kier molecular flexibility index (Phi) is 6.71. The summed E-state index contributed by atoms with van der Waals surface area (Å²) in [6.45, 7) is 6.12. The van der Waals surface area contributed by atoms with E-state index in [9.17, 15) is 9.90 Å². The molecule has 28 heavy (non-hydrogen) atoms. The smallest absolute Gasteiger partial charge is 0.237 e. The number of aromatic hydroxyl groups is 1. The predicted molar refractivity (Wildman–Crippen MR) is 113 cm³/mol. The van der Waals surface area contributed by atoms with E-state index in [0.29, 0.717) is 18.8 Å². The van der Waals surface area contributed by atoms with Crippen LogP contribution in [0.25, 0.3) is 0 Å². The number of carbonyl (C=O) groups excluding carboxylic acids is 1. The second-order valence-corrected chi connectivity index (χ2v) is 7.28. The Morgan fingerprint density at radius 3 is 2.61 bits per heavy atom. The molecule has 1 aliphatic heterocycles. The highest BCUT2D eigenvalue weighted by Gasteiger charge is 2.32. The summed E-state index contributed by atoms with van der Waals surface area (Å²) in [7, 11) is 0. The molecular formula is C23H29N3O2. The first-order valence-electron chi connectivity index (χ1n) is 9.87. The number of phenolic OH excluding ortho intramolecular Hbond substituents is 1. The van der Waals surface area contributed by atoms with E-state index in [2.05, 4.69) is 42.3 Å². The third-order valence-electron chi connectivity index (χ3n) is 5.24. The number of nitrogens with zero attached hydrogens (tertiary/aromatic N) is 2. The summed E-state index contributed by atoms with van der Waals surface area (Å²) < 4.78 is 0. The van der Waals surface area contributed by atoms with Crippen molar-refractivity contribution in [2.45, 2.75) is 38.9 Å². The van der Waals surface area contributed by atoms with Gasteiger partial charge in [-0.2, -0.15) is 0 Å². The fourth-order valence-corrected chi connectivity index (χ4v) is 3.66. The van der Waals surface area contributed by atoms with Gasteiger partial charge < -0.3 is 15.3 Å². The fraction of sp³-hybridized carbons (Fsp3) is 0.348. The minimum atomic E-state index is 0.163. The first-order chi connectivity index (χ1) is 13.6. The number of rotatable bonds is 7. The number of hydrogen-bond donors (Lipinski definition) is 2. The Bertz CT molecular complexity index is 807. The molecule has 2 aromatic carbocycles. The van der Waals surface area contributed by atoms with E-state index < -0.39 is 0 Å². The normalized spacial score (nSPS) is 19.1. The summed E-state index contributed by atoms with van der Waals surface area (Å²) in [6, 6.07) is 17.7. The Hall–Kier alpha value is -2.79. The van der Waals surface area contributed by atoms with Gasteiger partial charge in [-0.05, 0) is 37.2 Å². The predicted octanol–water partition coefficient (Wildman–Crippen LogP) is 3.83. The van der Waals surface area contributed by atoms with Crippen molar-refractivity contribution in [2.75, 3.05) is 18.4 Å². The Morgan fingerprint density at radius 2 is 1.89 bits per heavy atom. The van der Waals surface area contributed by atoms with Gasteiger partial charge in [0.05, 0.1) is 12.2 Å². The van der Waals surface area contributed by atoms with Gasteiger partial charge in [0.25, 0.3) is 0 Å². The van der Waals surface area contributed by atoms with E-state index in [-0.39, 0.29) is 23.7 Å². The van der Waals surface area contributed by atoms with Gasteiger partial charge >= 0.3 is 0 Å². The van der Waals surface area contributed by atoms with Gasteiger partial charge in [0, 0.05) is 25.2 Å². The monoisotopic (exact) mass is 379 g/mol. The van der Waals surface area contributed by atoms with Crippen molar-refractivity contribution in [3.05, 3.63) is 72.4 Å². The third-order valence-corrected chi connectivity index (χ3v) is 5.24. The molecule has 2 atom stereocenters. The lowest BCUT2D eigenvalue weighted by atomic mass is 10.1. The van der Waals surface area contributed by atoms with Gasteiger partial charge in [0.15, 0.2) is 0 Å². The topological polar surface area (TPSA) is 55.8 Å². The lowest BCUT2D eigenvalue weighted by molar-refractivity contribution is -0.139. The highest BCUT2D eigenvalue weighted by atomic mass is 16.3. The molecule has 2 aromatic rings. The zero-order valence-electron chi connectivity index (χ0n) is 16.6. The van der Waals surface area contributed by atoms with Crippen LogP contribution >= 0.6 is 0 Å². The average molecular weight is 380 g/mol. The van der Waals surface area contributed by atoms with Crippen molar-refractivity contribution in [3.63, 3.8) is 0 Å². The Balaban J connectivity index is 1.61. The Labute approximate surface area is 167 Å². The van der Waals surface area contributed by atoms with Crippen LogP contribution in [-0.4, -0.2) is 46.0 Å². The highest BCUT2D eigenvalue weighted by molar-refractivity contribution is 5.79. The zero-order valence-corrected chi connectivity index (χ0v) is 16.6. The molecule has 0 spiro atoms. The largest absolute Gasteiger partial charge is 0.506 e. The van der Waals surface area contributed by atoms with E-state index in [1.165, 1.54) is 0 Å². The average Bonchev–Trinajstić information content (AvgIpc) is 2.70. The van der Waals surface area contributed by atoms with E-state index in [0.717, 1.165) is 18.5 Å². The van der Waals surface area contributed by atoms with E-state index >= 15 is 0 Å². The van der Waals surface area contributed by atoms with Gasteiger partial charge in [-0.15, -0.1) is 0 Å². The maximum atomic E-state index is 12.7. The molecular weight excluding hydrogens is 350 g/mol. The summed E-state index contributed by atoms with van der Waals surface area (Å²) in [5.74, 6) is 0.390. The van der Waals surface area contributed by atoms with Crippen LogP contribution < -0.4 is 5.32 Å². The molecule has 0 saturated carbocycles. The molecule has 0 aromatic heterocycles. The molecule has 1 heterocycles.